The van der Waals surface area contributed by atoms with Gasteiger partial charge in [0.2, 0.25) is 0 Å². The summed E-state index contributed by atoms with van der Waals surface area (Å²) in [5.41, 5.74) is 1.31. The Bertz CT molecular complexity index is 327. The first-order valence-corrected chi connectivity index (χ1v) is 5.74. The number of hydrogen-bond donors (Lipinski definition) is 1. The lowest BCUT2D eigenvalue weighted by Gasteiger charge is -2.10. The third-order valence-electron chi connectivity index (χ3n) is 2.39. The van der Waals surface area contributed by atoms with Crippen molar-refractivity contribution in [3.63, 3.8) is 0 Å². The van der Waals surface area contributed by atoms with Crippen LogP contribution in [0.3, 0.4) is 0 Å². The number of benzene rings is 1. The average molecular weight is 256 g/mol. The fraction of sp³-hybridized carbons (Fsp3) is 0.455. The summed E-state index contributed by atoms with van der Waals surface area (Å²) in [7, 11) is 0. The zero-order chi connectivity index (χ0) is 9.97. The fourth-order valence-electron chi connectivity index (χ4n) is 1.71. The van der Waals surface area contributed by atoms with Crippen LogP contribution in [0, 0.1) is 0 Å². The highest BCUT2D eigenvalue weighted by Gasteiger charge is 2.21. The van der Waals surface area contributed by atoms with Crippen LogP contribution in [-0.4, -0.2) is 19.2 Å². The molecule has 0 aliphatic carbocycles. The lowest BCUT2D eigenvalue weighted by molar-refractivity contribution is 0.229. The van der Waals surface area contributed by atoms with E-state index in [1.165, 1.54) is 5.56 Å². The van der Waals surface area contributed by atoms with Crippen molar-refractivity contribution < 1.29 is 4.74 Å². The van der Waals surface area contributed by atoms with E-state index in [2.05, 4.69) is 34.2 Å². The van der Waals surface area contributed by atoms with Crippen LogP contribution in [0.5, 0.6) is 5.75 Å². The maximum atomic E-state index is 5.78. The second-order valence-electron chi connectivity index (χ2n) is 3.50. The minimum Gasteiger partial charge on any atom is -0.488 e. The Morgan fingerprint density at radius 2 is 2.43 bits per heavy atom. The number of likely N-dealkylation sites (N-methyl/N-ethyl adjacent to an activating group) is 1. The van der Waals surface area contributed by atoms with E-state index in [0.717, 1.165) is 29.7 Å². The number of halogens is 1. The van der Waals surface area contributed by atoms with Crippen molar-refractivity contribution in [1.29, 1.82) is 0 Å². The molecule has 0 radical (unpaired) electrons. The molecule has 0 fully saturated rings. The summed E-state index contributed by atoms with van der Waals surface area (Å²) in [6.45, 7) is 4.04. The number of nitrogens with one attached hydrogen (secondary N) is 1. The molecule has 0 amide bonds. The van der Waals surface area contributed by atoms with E-state index in [1.807, 2.05) is 12.1 Å². The molecule has 1 heterocycles. The van der Waals surface area contributed by atoms with E-state index in [1.54, 1.807) is 0 Å². The van der Waals surface area contributed by atoms with Gasteiger partial charge >= 0.3 is 0 Å². The smallest absolute Gasteiger partial charge is 0.123 e. The lowest BCUT2D eigenvalue weighted by Crippen LogP contribution is -2.29. The van der Waals surface area contributed by atoms with Gasteiger partial charge in [0.05, 0.1) is 0 Å². The molecule has 0 saturated heterocycles. The van der Waals surface area contributed by atoms with Crippen molar-refractivity contribution >= 4 is 15.9 Å². The zero-order valence-electron chi connectivity index (χ0n) is 8.22. The molecule has 3 heteroatoms. The van der Waals surface area contributed by atoms with Gasteiger partial charge in [-0.05, 0) is 30.3 Å². The van der Waals surface area contributed by atoms with E-state index >= 15 is 0 Å². The van der Waals surface area contributed by atoms with E-state index in [-0.39, 0.29) is 0 Å². The second-order valence-corrected chi connectivity index (χ2v) is 4.42. The van der Waals surface area contributed by atoms with Gasteiger partial charge in [0.15, 0.2) is 0 Å². The molecule has 1 aliphatic rings. The molecule has 1 aromatic rings. The Hall–Kier alpha value is -0.540. The molecular formula is C11H14BrNO. The first-order valence-electron chi connectivity index (χ1n) is 4.95. The summed E-state index contributed by atoms with van der Waals surface area (Å²) >= 11 is 3.47. The van der Waals surface area contributed by atoms with Crippen molar-refractivity contribution in [2.45, 2.75) is 19.4 Å². The molecule has 2 nitrogen and oxygen atoms in total. The van der Waals surface area contributed by atoms with Crippen LogP contribution >= 0.6 is 15.9 Å². The number of ether oxygens (including phenoxy) is 1. The topological polar surface area (TPSA) is 21.3 Å². The largest absolute Gasteiger partial charge is 0.488 e. The maximum absolute atomic E-state index is 5.78. The first kappa shape index (κ1) is 9.99. The lowest BCUT2D eigenvalue weighted by atomic mass is 10.1. The third-order valence-corrected chi connectivity index (χ3v) is 2.88. The minimum atomic E-state index is 0.305. The van der Waals surface area contributed by atoms with Gasteiger partial charge in [-0.2, -0.15) is 0 Å². The molecule has 0 saturated carbocycles. The van der Waals surface area contributed by atoms with Gasteiger partial charge in [-0.25, -0.2) is 0 Å². The fourth-order valence-corrected chi connectivity index (χ4v) is 2.12. The predicted octanol–water partition coefficient (Wildman–Crippen LogP) is 2.36. The highest BCUT2D eigenvalue weighted by molar-refractivity contribution is 9.10. The molecule has 1 aliphatic heterocycles. The van der Waals surface area contributed by atoms with Crippen molar-refractivity contribution in [2.75, 3.05) is 13.1 Å². The van der Waals surface area contributed by atoms with E-state index in [0.29, 0.717) is 6.10 Å². The first-order chi connectivity index (χ1) is 6.79. The van der Waals surface area contributed by atoms with Crippen LogP contribution in [0.15, 0.2) is 22.7 Å². The summed E-state index contributed by atoms with van der Waals surface area (Å²) in [5.74, 6) is 1.04. The van der Waals surface area contributed by atoms with Crippen LogP contribution in [0.1, 0.15) is 12.5 Å². The van der Waals surface area contributed by atoms with Crippen LogP contribution < -0.4 is 10.1 Å². The summed E-state index contributed by atoms with van der Waals surface area (Å²) in [5, 5.41) is 3.30. The Morgan fingerprint density at radius 1 is 1.57 bits per heavy atom. The monoisotopic (exact) mass is 255 g/mol. The normalized spacial score (nSPS) is 19.1. The van der Waals surface area contributed by atoms with E-state index in [9.17, 15) is 0 Å². The van der Waals surface area contributed by atoms with Crippen molar-refractivity contribution in [3.8, 4) is 5.75 Å². The molecule has 1 aromatic carbocycles. The van der Waals surface area contributed by atoms with Crippen LogP contribution in [0.4, 0.5) is 0 Å². The SMILES string of the molecule is CCNCC1Cc2cc(Br)ccc2O1. The van der Waals surface area contributed by atoms with Gasteiger partial charge in [-0.1, -0.05) is 22.9 Å². The summed E-state index contributed by atoms with van der Waals surface area (Å²) in [4.78, 5) is 0. The third kappa shape index (κ3) is 2.10. The Balaban J connectivity index is 2.03. The molecule has 1 unspecified atom stereocenters. The molecule has 1 N–H and O–H groups in total. The van der Waals surface area contributed by atoms with Crippen molar-refractivity contribution in [3.05, 3.63) is 28.2 Å². The molecule has 0 bridgehead atoms. The number of fused-ring (bicyclic) bond motifs is 1. The quantitative estimate of drug-likeness (QED) is 0.896. The van der Waals surface area contributed by atoms with Gasteiger partial charge in [-0.15, -0.1) is 0 Å². The van der Waals surface area contributed by atoms with E-state index in [4.69, 9.17) is 4.74 Å². The Morgan fingerprint density at radius 3 is 3.21 bits per heavy atom. The molecule has 0 spiro atoms. The standard InChI is InChI=1S/C11H14BrNO/c1-2-13-7-10-6-8-5-9(12)3-4-11(8)14-10/h3-5,10,13H,2,6-7H2,1H3. The Labute approximate surface area is 92.8 Å². The van der Waals surface area contributed by atoms with Gasteiger partial charge in [0.25, 0.3) is 0 Å². The van der Waals surface area contributed by atoms with E-state index < -0.39 is 0 Å². The van der Waals surface area contributed by atoms with Crippen molar-refractivity contribution in [2.24, 2.45) is 0 Å². The summed E-state index contributed by atoms with van der Waals surface area (Å²) in [6, 6.07) is 6.20. The minimum absolute atomic E-state index is 0.305. The predicted molar refractivity (Wildman–Crippen MR) is 60.8 cm³/mol. The molecule has 2 rings (SSSR count). The number of rotatable bonds is 3. The van der Waals surface area contributed by atoms with Gasteiger partial charge < -0.3 is 10.1 Å². The zero-order valence-corrected chi connectivity index (χ0v) is 9.80. The van der Waals surface area contributed by atoms with Gasteiger partial charge in [0, 0.05) is 17.4 Å². The number of hydrogen-bond acceptors (Lipinski definition) is 2. The highest BCUT2D eigenvalue weighted by Crippen LogP contribution is 2.30. The van der Waals surface area contributed by atoms with Crippen molar-refractivity contribution in [1.82, 2.24) is 5.32 Å². The van der Waals surface area contributed by atoms with Crippen LogP contribution in [0.2, 0.25) is 0 Å². The van der Waals surface area contributed by atoms with Gasteiger partial charge in [-0.3, -0.25) is 0 Å². The van der Waals surface area contributed by atoms with Crippen LogP contribution in [0.25, 0.3) is 0 Å². The molecule has 0 aromatic heterocycles. The average Bonchev–Trinajstić information content (AvgIpc) is 2.56. The van der Waals surface area contributed by atoms with Crippen LogP contribution in [-0.2, 0) is 6.42 Å². The Kier molecular flexibility index (Phi) is 3.08. The maximum Gasteiger partial charge on any atom is 0.123 e. The molecular weight excluding hydrogens is 242 g/mol. The molecule has 1 atom stereocenters. The highest BCUT2D eigenvalue weighted by atomic mass is 79.9. The molecule has 14 heavy (non-hydrogen) atoms. The summed E-state index contributed by atoms with van der Waals surface area (Å²) in [6.07, 6.45) is 1.32. The summed E-state index contributed by atoms with van der Waals surface area (Å²) < 4.78 is 6.91. The second kappa shape index (κ2) is 4.32. The van der Waals surface area contributed by atoms with Gasteiger partial charge in [0.1, 0.15) is 11.9 Å². The molecule has 76 valence electrons.